The predicted octanol–water partition coefficient (Wildman–Crippen LogP) is 2.35. The molecular weight excluding hydrogens is 276 g/mol. The van der Waals surface area contributed by atoms with E-state index < -0.39 is 18.2 Å². The summed E-state index contributed by atoms with van der Waals surface area (Å²) >= 11 is 3.26. The number of carbonyl (C=O) groups is 1. The van der Waals surface area contributed by atoms with Crippen LogP contribution in [0.3, 0.4) is 0 Å². The van der Waals surface area contributed by atoms with Crippen LogP contribution in [0.5, 0.6) is 5.75 Å². The highest BCUT2D eigenvalue weighted by molar-refractivity contribution is 9.10. The summed E-state index contributed by atoms with van der Waals surface area (Å²) in [7, 11) is 0. The van der Waals surface area contributed by atoms with Crippen LogP contribution in [-0.2, 0) is 4.79 Å². The number of ether oxygens (including phenoxy) is 1. The molecule has 0 amide bonds. The summed E-state index contributed by atoms with van der Waals surface area (Å²) in [6, 6.07) is 5.10. The minimum absolute atomic E-state index is 0.374. The number of rotatable bonds is 4. The third kappa shape index (κ3) is 3.21. The quantitative estimate of drug-likeness (QED) is 0.893. The summed E-state index contributed by atoms with van der Waals surface area (Å²) in [6.07, 6.45) is -1.66. The van der Waals surface area contributed by atoms with Gasteiger partial charge in [-0.2, -0.15) is 0 Å². The van der Waals surface area contributed by atoms with Gasteiger partial charge in [0.2, 0.25) is 0 Å². The van der Waals surface area contributed by atoms with E-state index in [1.165, 1.54) is 6.92 Å². The molecule has 1 aromatic rings. The standard InChI is InChI=1S/C11H13BrO4/c1-6(13)9-4-3-8(12)5-10(9)16-7(2)11(14)15/h3-7,13H,1-2H3,(H,14,15)/t6-,7?/m1/s1. The number of aliphatic hydroxyl groups is 1. The van der Waals surface area contributed by atoms with E-state index in [0.29, 0.717) is 11.3 Å². The molecular formula is C11H13BrO4. The molecule has 2 atom stereocenters. The lowest BCUT2D eigenvalue weighted by molar-refractivity contribution is -0.144. The molecule has 2 N–H and O–H groups in total. The van der Waals surface area contributed by atoms with E-state index in [2.05, 4.69) is 15.9 Å². The predicted molar refractivity (Wildman–Crippen MR) is 62.5 cm³/mol. The number of carboxylic acid groups (broad SMARTS) is 1. The smallest absolute Gasteiger partial charge is 0.344 e. The Morgan fingerprint density at radius 3 is 2.56 bits per heavy atom. The molecule has 0 saturated heterocycles. The molecule has 4 nitrogen and oxygen atoms in total. The maximum absolute atomic E-state index is 10.7. The summed E-state index contributed by atoms with van der Waals surface area (Å²) in [5, 5.41) is 18.2. The Labute approximate surface area is 102 Å². The number of hydrogen-bond acceptors (Lipinski definition) is 3. The molecule has 0 aliphatic heterocycles. The van der Waals surface area contributed by atoms with Crippen molar-refractivity contribution < 1.29 is 19.7 Å². The summed E-state index contributed by atoms with van der Waals surface area (Å²) in [6.45, 7) is 3.04. The Bertz CT molecular complexity index is 390. The molecule has 88 valence electrons. The van der Waals surface area contributed by atoms with Crippen LogP contribution in [0.15, 0.2) is 22.7 Å². The average molecular weight is 289 g/mol. The van der Waals surface area contributed by atoms with Crippen molar-refractivity contribution in [2.75, 3.05) is 0 Å². The summed E-state index contributed by atoms with van der Waals surface area (Å²) in [5.74, 6) is -0.671. The number of carboxylic acids is 1. The zero-order chi connectivity index (χ0) is 12.3. The maximum atomic E-state index is 10.7. The average Bonchev–Trinajstić information content (AvgIpc) is 2.16. The van der Waals surface area contributed by atoms with Crippen LogP contribution in [0.2, 0.25) is 0 Å². The number of halogens is 1. The molecule has 0 bridgehead atoms. The van der Waals surface area contributed by atoms with Crippen LogP contribution in [0.4, 0.5) is 0 Å². The lowest BCUT2D eigenvalue weighted by Gasteiger charge is -2.16. The molecule has 0 aromatic heterocycles. The van der Waals surface area contributed by atoms with Gasteiger partial charge in [0.1, 0.15) is 5.75 Å². The van der Waals surface area contributed by atoms with Gasteiger partial charge >= 0.3 is 5.97 Å². The molecule has 5 heteroatoms. The Hall–Kier alpha value is -1.07. The first kappa shape index (κ1) is 13.0. The Kier molecular flexibility index (Phi) is 4.32. The van der Waals surface area contributed by atoms with Gasteiger partial charge in [0.05, 0.1) is 6.10 Å². The van der Waals surface area contributed by atoms with E-state index >= 15 is 0 Å². The lowest BCUT2D eigenvalue weighted by atomic mass is 10.1. The number of hydrogen-bond donors (Lipinski definition) is 2. The van der Waals surface area contributed by atoms with E-state index in [1.807, 2.05) is 0 Å². The highest BCUT2D eigenvalue weighted by Gasteiger charge is 2.16. The van der Waals surface area contributed by atoms with Crippen LogP contribution in [0.1, 0.15) is 25.5 Å². The fourth-order valence-electron chi connectivity index (χ4n) is 1.20. The Balaban J connectivity index is 3.01. The zero-order valence-electron chi connectivity index (χ0n) is 8.98. The van der Waals surface area contributed by atoms with Gasteiger partial charge in [-0.3, -0.25) is 0 Å². The first-order valence-corrected chi connectivity index (χ1v) is 5.58. The molecule has 0 fully saturated rings. The van der Waals surface area contributed by atoms with Crippen molar-refractivity contribution >= 4 is 21.9 Å². The van der Waals surface area contributed by atoms with E-state index in [-0.39, 0.29) is 0 Å². The SMILES string of the molecule is CC(Oc1cc(Br)ccc1[C@@H](C)O)C(=O)O. The van der Waals surface area contributed by atoms with Crippen LogP contribution in [0, 0.1) is 0 Å². The van der Waals surface area contributed by atoms with Crippen molar-refractivity contribution in [1.29, 1.82) is 0 Å². The first-order chi connectivity index (χ1) is 7.41. The normalized spacial score (nSPS) is 14.2. The van der Waals surface area contributed by atoms with Gasteiger partial charge in [-0.25, -0.2) is 4.79 Å². The molecule has 1 rings (SSSR count). The molecule has 1 aromatic carbocycles. The number of aliphatic hydroxyl groups excluding tert-OH is 1. The van der Waals surface area contributed by atoms with Gasteiger partial charge in [-0.15, -0.1) is 0 Å². The maximum Gasteiger partial charge on any atom is 0.344 e. The molecule has 16 heavy (non-hydrogen) atoms. The molecule has 0 saturated carbocycles. The molecule has 0 heterocycles. The van der Waals surface area contributed by atoms with E-state index in [4.69, 9.17) is 9.84 Å². The summed E-state index contributed by atoms with van der Waals surface area (Å²) in [5.41, 5.74) is 0.566. The Morgan fingerprint density at radius 1 is 1.44 bits per heavy atom. The Morgan fingerprint density at radius 2 is 2.06 bits per heavy atom. The largest absolute Gasteiger partial charge is 0.479 e. The van der Waals surface area contributed by atoms with E-state index in [0.717, 1.165) is 4.47 Å². The van der Waals surface area contributed by atoms with Crippen LogP contribution in [0.25, 0.3) is 0 Å². The third-order valence-electron chi connectivity index (χ3n) is 2.08. The van der Waals surface area contributed by atoms with Crippen LogP contribution in [-0.4, -0.2) is 22.3 Å². The molecule has 0 radical (unpaired) electrons. The van der Waals surface area contributed by atoms with Gasteiger partial charge in [-0.1, -0.05) is 22.0 Å². The van der Waals surface area contributed by atoms with Gasteiger partial charge in [0.25, 0.3) is 0 Å². The van der Waals surface area contributed by atoms with Gasteiger partial charge in [-0.05, 0) is 26.0 Å². The minimum Gasteiger partial charge on any atom is -0.479 e. The monoisotopic (exact) mass is 288 g/mol. The number of benzene rings is 1. The van der Waals surface area contributed by atoms with Crippen molar-refractivity contribution in [3.63, 3.8) is 0 Å². The van der Waals surface area contributed by atoms with Crippen molar-refractivity contribution in [1.82, 2.24) is 0 Å². The van der Waals surface area contributed by atoms with Crippen molar-refractivity contribution in [2.24, 2.45) is 0 Å². The van der Waals surface area contributed by atoms with Gasteiger partial charge in [0, 0.05) is 10.0 Å². The highest BCUT2D eigenvalue weighted by Crippen LogP contribution is 2.29. The second kappa shape index (κ2) is 5.32. The van der Waals surface area contributed by atoms with Crippen molar-refractivity contribution in [3.8, 4) is 5.75 Å². The minimum atomic E-state index is -1.04. The fourth-order valence-corrected chi connectivity index (χ4v) is 1.54. The second-order valence-corrected chi connectivity index (χ2v) is 4.37. The molecule has 0 aliphatic rings. The topological polar surface area (TPSA) is 66.8 Å². The zero-order valence-corrected chi connectivity index (χ0v) is 10.6. The van der Waals surface area contributed by atoms with Crippen LogP contribution >= 0.6 is 15.9 Å². The van der Waals surface area contributed by atoms with Crippen LogP contribution < -0.4 is 4.74 Å². The van der Waals surface area contributed by atoms with Gasteiger partial charge < -0.3 is 14.9 Å². The summed E-state index contributed by atoms with van der Waals surface area (Å²) < 4.78 is 6.03. The molecule has 0 aliphatic carbocycles. The third-order valence-corrected chi connectivity index (χ3v) is 2.57. The molecule has 0 spiro atoms. The van der Waals surface area contributed by atoms with Gasteiger partial charge in [0.15, 0.2) is 6.10 Å². The van der Waals surface area contributed by atoms with Crippen molar-refractivity contribution in [3.05, 3.63) is 28.2 Å². The van der Waals surface area contributed by atoms with E-state index in [1.54, 1.807) is 25.1 Å². The summed E-state index contributed by atoms with van der Waals surface area (Å²) in [4.78, 5) is 10.7. The first-order valence-electron chi connectivity index (χ1n) is 4.78. The lowest BCUT2D eigenvalue weighted by Crippen LogP contribution is -2.23. The van der Waals surface area contributed by atoms with E-state index in [9.17, 15) is 9.90 Å². The number of aliphatic carboxylic acids is 1. The molecule has 1 unspecified atom stereocenters. The second-order valence-electron chi connectivity index (χ2n) is 3.46. The van der Waals surface area contributed by atoms with Crippen molar-refractivity contribution in [2.45, 2.75) is 26.1 Å². The highest BCUT2D eigenvalue weighted by atomic mass is 79.9. The fraction of sp³-hybridized carbons (Fsp3) is 0.364.